The van der Waals surface area contributed by atoms with Crippen molar-refractivity contribution >= 4 is 0 Å². The van der Waals surface area contributed by atoms with Crippen molar-refractivity contribution in [3.63, 3.8) is 0 Å². The molecular formula is C13H27NO2. The first-order chi connectivity index (χ1) is 7.72. The molecule has 96 valence electrons. The maximum atomic E-state index is 5.70. The fourth-order valence-corrected chi connectivity index (χ4v) is 3.14. The summed E-state index contributed by atoms with van der Waals surface area (Å²) in [5.41, 5.74) is 5.70. The molecule has 16 heavy (non-hydrogen) atoms. The fourth-order valence-electron chi connectivity index (χ4n) is 3.14. The van der Waals surface area contributed by atoms with Crippen LogP contribution in [-0.4, -0.2) is 26.6 Å². The summed E-state index contributed by atoms with van der Waals surface area (Å²) in [5, 5.41) is 0. The summed E-state index contributed by atoms with van der Waals surface area (Å²) < 4.78 is 11.3. The van der Waals surface area contributed by atoms with Crippen LogP contribution in [0.2, 0.25) is 0 Å². The second-order valence-electron chi connectivity index (χ2n) is 4.92. The van der Waals surface area contributed by atoms with Gasteiger partial charge in [-0.2, -0.15) is 0 Å². The van der Waals surface area contributed by atoms with Crippen molar-refractivity contribution in [2.45, 2.75) is 51.2 Å². The summed E-state index contributed by atoms with van der Waals surface area (Å²) in [6, 6.07) is 0. The van der Waals surface area contributed by atoms with Gasteiger partial charge in [0, 0.05) is 26.6 Å². The molecule has 1 fully saturated rings. The number of ether oxygens (including phenoxy) is 2. The zero-order chi connectivity index (χ0) is 12.0. The molecule has 0 bridgehead atoms. The van der Waals surface area contributed by atoms with E-state index in [2.05, 4.69) is 6.92 Å². The van der Waals surface area contributed by atoms with Crippen molar-refractivity contribution in [1.82, 2.24) is 0 Å². The van der Waals surface area contributed by atoms with Crippen molar-refractivity contribution in [2.24, 2.45) is 17.6 Å². The Balaban J connectivity index is 2.65. The molecule has 0 amide bonds. The van der Waals surface area contributed by atoms with E-state index >= 15 is 0 Å². The average molecular weight is 229 g/mol. The minimum Gasteiger partial charge on any atom is -0.353 e. The third-order valence-electron chi connectivity index (χ3n) is 4.04. The smallest absolute Gasteiger partial charge is 0.170 e. The quantitative estimate of drug-likeness (QED) is 0.712. The largest absolute Gasteiger partial charge is 0.353 e. The van der Waals surface area contributed by atoms with Crippen LogP contribution < -0.4 is 5.73 Å². The molecule has 0 spiro atoms. The van der Waals surface area contributed by atoms with Gasteiger partial charge in [-0.1, -0.05) is 19.8 Å². The van der Waals surface area contributed by atoms with Crippen LogP contribution in [0, 0.1) is 11.8 Å². The minimum atomic E-state index is -0.371. The van der Waals surface area contributed by atoms with Gasteiger partial charge < -0.3 is 15.2 Å². The zero-order valence-electron chi connectivity index (χ0n) is 11.0. The minimum absolute atomic E-state index is 0.371. The zero-order valence-corrected chi connectivity index (χ0v) is 11.0. The highest BCUT2D eigenvalue weighted by Crippen LogP contribution is 2.42. The van der Waals surface area contributed by atoms with Crippen molar-refractivity contribution in [1.29, 1.82) is 0 Å². The maximum absolute atomic E-state index is 5.70. The van der Waals surface area contributed by atoms with E-state index in [1.807, 2.05) is 0 Å². The Kier molecular flexibility index (Phi) is 5.73. The van der Waals surface area contributed by atoms with E-state index in [0.717, 1.165) is 25.3 Å². The average Bonchev–Trinajstić information content (AvgIpc) is 2.31. The molecule has 2 atom stereocenters. The Morgan fingerprint density at radius 3 is 2.44 bits per heavy atom. The molecule has 0 aromatic rings. The summed E-state index contributed by atoms with van der Waals surface area (Å²) in [4.78, 5) is 0. The Hall–Kier alpha value is -0.120. The van der Waals surface area contributed by atoms with Gasteiger partial charge in [0.05, 0.1) is 0 Å². The molecule has 3 heteroatoms. The Bertz CT molecular complexity index is 192. The molecule has 2 unspecified atom stereocenters. The van der Waals surface area contributed by atoms with Gasteiger partial charge in [-0.05, 0) is 31.7 Å². The molecule has 1 rings (SSSR count). The monoisotopic (exact) mass is 229 g/mol. The van der Waals surface area contributed by atoms with Crippen molar-refractivity contribution in [3.8, 4) is 0 Å². The first-order valence-corrected chi connectivity index (χ1v) is 6.52. The van der Waals surface area contributed by atoms with Crippen molar-refractivity contribution < 1.29 is 9.47 Å². The lowest BCUT2D eigenvalue weighted by Crippen LogP contribution is -2.47. The molecule has 0 aliphatic heterocycles. The van der Waals surface area contributed by atoms with E-state index in [1.165, 1.54) is 25.7 Å². The maximum Gasteiger partial charge on any atom is 0.170 e. The van der Waals surface area contributed by atoms with Crippen LogP contribution in [0.5, 0.6) is 0 Å². The number of nitrogens with two attached hydrogens (primary N) is 1. The van der Waals surface area contributed by atoms with Gasteiger partial charge in [-0.15, -0.1) is 0 Å². The Morgan fingerprint density at radius 2 is 1.94 bits per heavy atom. The first-order valence-electron chi connectivity index (χ1n) is 6.52. The Morgan fingerprint density at radius 1 is 1.25 bits per heavy atom. The summed E-state index contributed by atoms with van der Waals surface area (Å²) in [7, 11) is 3.51. The van der Waals surface area contributed by atoms with Gasteiger partial charge in [0.15, 0.2) is 5.79 Å². The molecule has 1 aliphatic carbocycles. The molecule has 2 N–H and O–H groups in total. The highest BCUT2D eigenvalue weighted by Gasteiger charge is 2.43. The number of hydrogen-bond acceptors (Lipinski definition) is 3. The summed E-state index contributed by atoms with van der Waals surface area (Å²) in [5.74, 6) is 0.918. The predicted octanol–water partition coefficient (Wildman–Crippen LogP) is 2.54. The highest BCUT2D eigenvalue weighted by molar-refractivity contribution is 4.87. The molecule has 1 saturated carbocycles. The Labute approximate surface area is 99.7 Å². The third-order valence-corrected chi connectivity index (χ3v) is 4.04. The third kappa shape index (κ3) is 2.96. The first kappa shape index (κ1) is 13.9. The van der Waals surface area contributed by atoms with Crippen LogP contribution in [-0.2, 0) is 9.47 Å². The lowest BCUT2D eigenvalue weighted by Gasteiger charge is -2.44. The van der Waals surface area contributed by atoms with Crippen LogP contribution in [0.15, 0.2) is 0 Å². The normalized spacial score (nSPS) is 29.2. The fraction of sp³-hybridized carbons (Fsp3) is 1.00. The summed E-state index contributed by atoms with van der Waals surface area (Å²) in [6.45, 7) is 2.98. The molecule has 0 heterocycles. The van der Waals surface area contributed by atoms with E-state index in [0.29, 0.717) is 5.92 Å². The molecular weight excluding hydrogens is 202 g/mol. The lowest BCUT2D eigenvalue weighted by atomic mass is 9.74. The number of rotatable bonds is 6. The number of hydrogen-bond donors (Lipinski definition) is 1. The molecule has 1 aliphatic rings. The SMILES string of the molecule is CCCC1CCC(OC)(OC)C(CCN)C1. The van der Waals surface area contributed by atoms with Crippen molar-refractivity contribution in [2.75, 3.05) is 20.8 Å². The molecule has 0 aromatic heterocycles. The summed E-state index contributed by atoms with van der Waals surface area (Å²) >= 11 is 0. The van der Waals surface area contributed by atoms with Gasteiger partial charge in [0.2, 0.25) is 0 Å². The van der Waals surface area contributed by atoms with Crippen LogP contribution in [0.4, 0.5) is 0 Å². The molecule has 3 nitrogen and oxygen atoms in total. The van der Waals surface area contributed by atoms with Crippen LogP contribution in [0.1, 0.15) is 45.4 Å². The van der Waals surface area contributed by atoms with Gasteiger partial charge in [-0.25, -0.2) is 0 Å². The van der Waals surface area contributed by atoms with Crippen molar-refractivity contribution in [3.05, 3.63) is 0 Å². The van der Waals surface area contributed by atoms with Crippen LogP contribution in [0.3, 0.4) is 0 Å². The van der Waals surface area contributed by atoms with E-state index in [4.69, 9.17) is 15.2 Å². The topological polar surface area (TPSA) is 44.5 Å². The highest BCUT2D eigenvalue weighted by atomic mass is 16.7. The standard InChI is InChI=1S/C13H27NO2/c1-4-5-11-6-8-13(15-2,16-3)12(10-11)7-9-14/h11-12H,4-10,14H2,1-3H3. The van der Waals surface area contributed by atoms with E-state index < -0.39 is 0 Å². The lowest BCUT2D eigenvalue weighted by molar-refractivity contribution is -0.260. The molecule has 0 aromatic carbocycles. The van der Waals surface area contributed by atoms with E-state index in [-0.39, 0.29) is 5.79 Å². The molecule has 0 radical (unpaired) electrons. The van der Waals surface area contributed by atoms with E-state index in [1.54, 1.807) is 14.2 Å². The predicted molar refractivity (Wildman–Crippen MR) is 66.2 cm³/mol. The van der Waals surface area contributed by atoms with E-state index in [9.17, 15) is 0 Å². The van der Waals surface area contributed by atoms with Gasteiger partial charge in [0.25, 0.3) is 0 Å². The second kappa shape index (κ2) is 6.58. The summed E-state index contributed by atoms with van der Waals surface area (Å²) in [6.07, 6.45) is 7.03. The van der Waals surface area contributed by atoms with Crippen LogP contribution in [0.25, 0.3) is 0 Å². The molecule has 0 saturated heterocycles. The van der Waals surface area contributed by atoms with Crippen LogP contribution >= 0.6 is 0 Å². The number of methoxy groups -OCH3 is 2. The van der Waals surface area contributed by atoms with Gasteiger partial charge >= 0.3 is 0 Å². The van der Waals surface area contributed by atoms with Gasteiger partial charge in [0.1, 0.15) is 0 Å². The second-order valence-corrected chi connectivity index (χ2v) is 4.92. The van der Waals surface area contributed by atoms with Gasteiger partial charge in [-0.3, -0.25) is 0 Å².